The van der Waals surface area contributed by atoms with Crippen molar-refractivity contribution in [1.82, 2.24) is 19.8 Å². The van der Waals surface area contributed by atoms with Crippen LogP contribution in [0.2, 0.25) is 0 Å². The van der Waals surface area contributed by atoms with Crippen LogP contribution in [-0.4, -0.2) is 74.3 Å². The summed E-state index contributed by atoms with van der Waals surface area (Å²) in [6.07, 6.45) is 5.08. The minimum absolute atomic E-state index is 0.834. The fourth-order valence-electron chi connectivity index (χ4n) is 0.811. The van der Waals surface area contributed by atoms with E-state index in [0.717, 1.165) is 26.3 Å². The molecule has 1 N–H and O–H groups in total. The van der Waals surface area contributed by atoms with E-state index in [2.05, 4.69) is 48.0 Å². The average Bonchev–Trinajstić information content (AvgIpc) is 2.74. The Balaban J connectivity index is 0.000000368. The molecule has 94 valence electrons. The predicted molar refractivity (Wildman–Crippen MR) is 66.5 cm³/mol. The zero-order chi connectivity index (χ0) is 12.2. The van der Waals surface area contributed by atoms with E-state index in [4.69, 9.17) is 4.74 Å². The third kappa shape index (κ3) is 13.1. The normalized spacial score (nSPS) is 10.4. The molecule has 1 aromatic heterocycles. The molecule has 5 heteroatoms. The topological polar surface area (TPSA) is 44.4 Å². The maximum atomic E-state index is 5.37. The van der Waals surface area contributed by atoms with E-state index >= 15 is 0 Å². The smallest absolute Gasteiger partial charge is 0.0919 e. The number of aromatic nitrogens is 2. The van der Waals surface area contributed by atoms with Crippen molar-refractivity contribution in [3.8, 4) is 0 Å². The van der Waals surface area contributed by atoms with E-state index in [9.17, 15) is 0 Å². The summed E-state index contributed by atoms with van der Waals surface area (Å²) in [7, 11) is 8.20. The van der Waals surface area contributed by atoms with Gasteiger partial charge in [-0.25, -0.2) is 4.98 Å². The second kappa shape index (κ2) is 10.6. The zero-order valence-corrected chi connectivity index (χ0v) is 10.8. The summed E-state index contributed by atoms with van der Waals surface area (Å²) in [5, 5.41) is 0. The fraction of sp³-hybridized carbons (Fsp3) is 0.727. The number of rotatable bonds is 6. The van der Waals surface area contributed by atoms with Gasteiger partial charge in [-0.1, -0.05) is 0 Å². The first-order valence-electron chi connectivity index (χ1n) is 5.43. The lowest BCUT2D eigenvalue weighted by atomic mass is 10.6. The van der Waals surface area contributed by atoms with Gasteiger partial charge in [0.05, 0.1) is 19.5 Å². The Bertz CT molecular complexity index is 185. The molecule has 0 fully saturated rings. The van der Waals surface area contributed by atoms with Gasteiger partial charge in [0.25, 0.3) is 0 Å². The number of hydrogen-bond donors (Lipinski definition) is 1. The van der Waals surface area contributed by atoms with Gasteiger partial charge >= 0.3 is 0 Å². The van der Waals surface area contributed by atoms with Crippen molar-refractivity contribution in [2.75, 3.05) is 54.5 Å². The van der Waals surface area contributed by atoms with E-state index in [1.165, 1.54) is 0 Å². The van der Waals surface area contributed by atoms with E-state index in [1.54, 1.807) is 18.7 Å². The first-order valence-corrected chi connectivity index (χ1v) is 5.43. The number of ether oxygens (including phenoxy) is 1. The molecule has 0 unspecified atom stereocenters. The summed E-state index contributed by atoms with van der Waals surface area (Å²) in [5.74, 6) is 0. The van der Waals surface area contributed by atoms with E-state index in [-0.39, 0.29) is 0 Å². The van der Waals surface area contributed by atoms with Crippen LogP contribution in [0.3, 0.4) is 0 Å². The molecule has 0 bridgehead atoms. The largest absolute Gasteiger partial charge is 0.379 e. The average molecular weight is 228 g/mol. The van der Waals surface area contributed by atoms with Crippen LogP contribution in [0.25, 0.3) is 0 Å². The number of aromatic amines is 1. The van der Waals surface area contributed by atoms with Crippen molar-refractivity contribution in [2.24, 2.45) is 0 Å². The van der Waals surface area contributed by atoms with Crippen LogP contribution in [0.5, 0.6) is 0 Å². The number of H-pyrrole nitrogens is 1. The molecule has 1 aromatic rings. The number of likely N-dealkylation sites (N-methyl/N-ethyl adjacent to an activating group) is 2. The Labute approximate surface area is 98.4 Å². The summed E-state index contributed by atoms with van der Waals surface area (Å²) >= 11 is 0. The summed E-state index contributed by atoms with van der Waals surface area (Å²) in [5.41, 5.74) is 0. The summed E-state index contributed by atoms with van der Waals surface area (Å²) in [6.45, 7) is 3.68. The van der Waals surface area contributed by atoms with Gasteiger partial charge < -0.3 is 19.5 Å². The van der Waals surface area contributed by atoms with Crippen LogP contribution in [0, 0.1) is 0 Å². The van der Waals surface area contributed by atoms with Gasteiger partial charge in [-0.15, -0.1) is 0 Å². The van der Waals surface area contributed by atoms with Gasteiger partial charge in [0.15, 0.2) is 0 Å². The van der Waals surface area contributed by atoms with E-state index in [1.807, 2.05) is 0 Å². The molecule has 5 nitrogen and oxygen atoms in total. The molecule has 0 aromatic carbocycles. The second-order valence-corrected chi connectivity index (χ2v) is 3.98. The highest BCUT2D eigenvalue weighted by molar-refractivity contribution is 4.64. The third-order valence-electron chi connectivity index (χ3n) is 1.77. The molecule has 0 aliphatic carbocycles. The lowest BCUT2D eigenvalue weighted by Gasteiger charge is -2.12. The first kappa shape index (κ1) is 15.1. The van der Waals surface area contributed by atoms with Crippen molar-refractivity contribution in [3.05, 3.63) is 18.7 Å². The van der Waals surface area contributed by atoms with Crippen LogP contribution in [0.4, 0.5) is 0 Å². The highest BCUT2D eigenvalue weighted by atomic mass is 16.5. The SMILES string of the molecule is CN(C)CCOCCN(C)C.c1c[nH]cn1. The Morgan fingerprint density at radius 3 is 1.88 bits per heavy atom. The van der Waals surface area contributed by atoms with Crippen LogP contribution < -0.4 is 0 Å². The first-order chi connectivity index (χ1) is 7.63. The predicted octanol–water partition coefficient (Wildman–Crippen LogP) is 0.536. The molecule has 0 amide bonds. The maximum absolute atomic E-state index is 5.37. The molecule has 1 rings (SSSR count). The van der Waals surface area contributed by atoms with Gasteiger partial charge in [0.2, 0.25) is 0 Å². The molecule has 0 spiro atoms. The van der Waals surface area contributed by atoms with Crippen LogP contribution >= 0.6 is 0 Å². The second-order valence-electron chi connectivity index (χ2n) is 3.98. The van der Waals surface area contributed by atoms with Gasteiger partial charge in [-0.3, -0.25) is 0 Å². The highest BCUT2D eigenvalue weighted by Crippen LogP contribution is 1.80. The number of nitrogens with zero attached hydrogens (tertiary/aromatic N) is 3. The fourth-order valence-corrected chi connectivity index (χ4v) is 0.811. The molecule has 1 heterocycles. The Morgan fingerprint density at radius 1 is 1.06 bits per heavy atom. The van der Waals surface area contributed by atoms with Gasteiger partial charge in [-0.2, -0.15) is 0 Å². The minimum Gasteiger partial charge on any atom is -0.379 e. The third-order valence-corrected chi connectivity index (χ3v) is 1.77. The zero-order valence-electron chi connectivity index (χ0n) is 10.8. The molecule has 0 saturated carbocycles. The van der Waals surface area contributed by atoms with Crippen LogP contribution in [0.1, 0.15) is 0 Å². The standard InChI is InChI=1S/C8H20N2O.C3H4N2/c1-9(2)5-7-11-8-6-10(3)4;1-2-5-3-4-1/h5-8H2,1-4H3;1-3H,(H,4,5). The number of imidazole rings is 1. The Morgan fingerprint density at radius 2 is 1.62 bits per heavy atom. The quantitative estimate of drug-likeness (QED) is 0.722. The molecule has 16 heavy (non-hydrogen) atoms. The van der Waals surface area contributed by atoms with Gasteiger partial charge in [-0.05, 0) is 28.2 Å². The molecular weight excluding hydrogens is 204 g/mol. The lowest BCUT2D eigenvalue weighted by molar-refractivity contribution is 0.104. The van der Waals surface area contributed by atoms with E-state index in [0.29, 0.717) is 0 Å². The minimum atomic E-state index is 0.834. The lowest BCUT2D eigenvalue weighted by Crippen LogP contribution is -2.22. The number of hydrogen-bond acceptors (Lipinski definition) is 4. The van der Waals surface area contributed by atoms with E-state index < -0.39 is 0 Å². The van der Waals surface area contributed by atoms with Gasteiger partial charge in [0, 0.05) is 25.5 Å². The Kier molecular flexibility index (Phi) is 10.00. The van der Waals surface area contributed by atoms with Crippen molar-refractivity contribution < 1.29 is 4.74 Å². The van der Waals surface area contributed by atoms with Crippen molar-refractivity contribution >= 4 is 0 Å². The van der Waals surface area contributed by atoms with Crippen LogP contribution in [0.15, 0.2) is 18.7 Å². The summed E-state index contributed by atoms with van der Waals surface area (Å²) < 4.78 is 5.37. The highest BCUT2D eigenvalue weighted by Gasteiger charge is 1.91. The van der Waals surface area contributed by atoms with Crippen molar-refractivity contribution in [3.63, 3.8) is 0 Å². The Hall–Kier alpha value is -0.910. The summed E-state index contributed by atoms with van der Waals surface area (Å²) in [6, 6.07) is 0. The monoisotopic (exact) mass is 228 g/mol. The van der Waals surface area contributed by atoms with Crippen molar-refractivity contribution in [1.29, 1.82) is 0 Å². The molecule has 0 atom stereocenters. The molecule has 0 aliphatic rings. The summed E-state index contributed by atoms with van der Waals surface area (Å²) in [4.78, 5) is 10.7. The molecule has 0 saturated heterocycles. The van der Waals surface area contributed by atoms with Gasteiger partial charge in [0.1, 0.15) is 0 Å². The molecule has 0 aliphatic heterocycles. The molecule has 0 radical (unpaired) electrons. The molecular formula is C11H24N4O. The maximum Gasteiger partial charge on any atom is 0.0919 e. The number of nitrogens with one attached hydrogen (secondary N) is 1. The van der Waals surface area contributed by atoms with Crippen molar-refractivity contribution in [2.45, 2.75) is 0 Å². The van der Waals surface area contributed by atoms with Crippen LogP contribution in [-0.2, 0) is 4.74 Å².